The van der Waals surface area contributed by atoms with Crippen molar-refractivity contribution >= 4 is 46.4 Å². The molecule has 0 atom stereocenters. The van der Waals surface area contributed by atoms with E-state index in [1.54, 1.807) is 12.1 Å². The fraction of sp³-hybridized carbons (Fsp3) is 0.200. The van der Waals surface area contributed by atoms with Gasteiger partial charge in [-0.2, -0.15) is 0 Å². The normalized spacial score (nSPS) is 10.4. The molecule has 0 saturated carbocycles. The molecule has 1 aromatic carbocycles. The molecular formula is C10H9Cl4N. The highest BCUT2D eigenvalue weighted by molar-refractivity contribution is 6.44. The molecule has 0 aliphatic carbocycles. The Morgan fingerprint density at radius 3 is 2.40 bits per heavy atom. The van der Waals surface area contributed by atoms with Gasteiger partial charge in [0.1, 0.15) is 0 Å². The molecule has 1 aromatic rings. The van der Waals surface area contributed by atoms with Crippen LogP contribution >= 0.6 is 46.4 Å². The first kappa shape index (κ1) is 13.1. The number of nitrogens with one attached hydrogen (secondary N) is 1. The quantitative estimate of drug-likeness (QED) is 0.804. The monoisotopic (exact) mass is 283 g/mol. The lowest BCUT2D eigenvalue weighted by atomic mass is 10.2. The van der Waals surface area contributed by atoms with Crippen LogP contribution in [-0.4, -0.2) is 6.54 Å². The SMILES string of the molecule is C=C(Cl)CNCc1c(Cl)ccc(Cl)c1Cl. The van der Waals surface area contributed by atoms with Crippen LogP contribution in [-0.2, 0) is 6.54 Å². The first-order valence-electron chi connectivity index (χ1n) is 4.18. The Hall–Kier alpha value is 0.0800. The van der Waals surface area contributed by atoms with E-state index in [1.165, 1.54) is 0 Å². The van der Waals surface area contributed by atoms with Gasteiger partial charge in [0.25, 0.3) is 0 Å². The Morgan fingerprint density at radius 2 is 1.80 bits per heavy atom. The molecule has 0 amide bonds. The van der Waals surface area contributed by atoms with Crippen molar-refractivity contribution in [1.82, 2.24) is 5.32 Å². The van der Waals surface area contributed by atoms with E-state index in [1.807, 2.05) is 0 Å². The van der Waals surface area contributed by atoms with E-state index in [0.29, 0.717) is 33.2 Å². The summed E-state index contributed by atoms with van der Waals surface area (Å²) in [4.78, 5) is 0. The number of halogens is 4. The second kappa shape index (κ2) is 5.97. The molecule has 0 aromatic heterocycles. The summed E-state index contributed by atoms with van der Waals surface area (Å²) >= 11 is 23.5. The van der Waals surface area contributed by atoms with Crippen LogP contribution in [0.1, 0.15) is 5.56 Å². The Morgan fingerprint density at radius 1 is 1.20 bits per heavy atom. The van der Waals surface area contributed by atoms with Gasteiger partial charge < -0.3 is 5.32 Å². The fourth-order valence-electron chi connectivity index (χ4n) is 1.05. The van der Waals surface area contributed by atoms with E-state index >= 15 is 0 Å². The zero-order chi connectivity index (χ0) is 11.4. The standard InChI is InChI=1S/C10H9Cl4N/c1-6(11)4-15-5-7-8(12)2-3-9(13)10(7)14/h2-3,15H,1,4-5H2. The molecule has 5 heteroatoms. The average Bonchev–Trinajstić information content (AvgIpc) is 2.17. The van der Waals surface area contributed by atoms with Crippen molar-refractivity contribution < 1.29 is 0 Å². The van der Waals surface area contributed by atoms with Crippen LogP contribution in [0.15, 0.2) is 23.7 Å². The molecule has 15 heavy (non-hydrogen) atoms. The van der Waals surface area contributed by atoms with Gasteiger partial charge in [0, 0.05) is 28.7 Å². The largest absolute Gasteiger partial charge is 0.308 e. The molecule has 0 fully saturated rings. The lowest BCUT2D eigenvalue weighted by Gasteiger charge is -2.09. The minimum atomic E-state index is 0.469. The van der Waals surface area contributed by atoms with E-state index in [2.05, 4.69) is 11.9 Å². The average molecular weight is 285 g/mol. The van der Waals surface area contributed by atoms with Gasteiger partial charge in [0.15, 0.2) is 0 Å². The van der Waals surface area contributed by atoms with Crippen molar-refractivity contribution in [3.8, 4) is 0 Å². The Bertz CT molecular complexity index is 376. The molecule has 1 N–H and O–H groups in total. The van der Waals surface area contributed by atoms with E-state index in [9.17, 15) is 0 Å². The molecule has 0 aliphatic rings. The first-order chi connectivity index (χ1) is 7.02. The topological polar surface area (TPSA) is 12.0 Å². The molecule has 0 radical (unpaired) electrons. The molecule has 82 valence electrons. The Balaban J connectivity index is 2.75. The lowest BCUT2D eigenvalue weighted by molar-refractivity contribution is 0.755. The summed E-state index contributed by atoms with van der Waals surface area (Å²) in [7, 11) is 0. The third-order valence-electron chi connectivity index (χ3n) is 1.76. The van der Waals surface area contributed by atoms with Crippen LogP contribution in [0.3, 0.4) is 0 Å². The van der Waals surface area contributed by atoms with Gasteiger partial charge >= 0.3 is 0 Å². The molecular weight excluding hydrogens is 276 g/mol. The van der Waals surface area contributed by atoms with Crippen LogP contribution in [0.2, 0.25) is 15.1 Å². The summed E-state index contributed by atoms with van der Waals surface area (Å²) in [6.45, 7) is 4.56. The van der Waals surface area contributed by atoms with Crippen LogP contribution in [0.4, 0.5) is 0 Å². The molecule has 1 nitrogen and oxygen atoms in total. The Kier molecular flexibility index (Phi) is 5.24. The molecule has 0 saturated heterocycles. The van der Waals surface area contributed by atoms with Gasteiger partial charge in [-0.15, -0.1) is 0 Å². The van der Waals surface area contributed by atoms with Crippen LogP contribution in [0, 0.1) is 0 Å². The Labute approximate surface area is 109 Å². The maximum atomic E-state index is 6.00. The summed E-state index contributed by atoms with van der Waals surface area (Å²) in [6, 6.07) is 3.37. The lowest BCUT2D eigenvalue weighted by Crippen LogP contribution is -2.15. The molecule has 0 unspecified atom stereocenters. The van der Waals surface area contributed by atoms with Crippen molar-refractivity contribution in [1.29, 1.82) is 0 Å². The van der Waals surface area contributed by atoms with Crippen LogP contribution in [0.5, 0.6) is 0 Å². The summed E-state index contributed by atoms with van der Waals surface area (Å²) in [5, 5.41) is 5.12. The number of hydrogen-bond donors (Lipinski definition) is 1. The second-order valence-corrected chi connectivity index (χ2v) is 4.67. The second-order valence-electron chi connectivity index (χ2n) is 2.94. The third-order valence-corrected chi connectivity index (χ3v) is 3.09. The van der Waals surface area contributed by atoms with Gasteiger partial charge in [0.2, 0.25) is 0 Å². The summed E-state index contributed by atoms with van der Waals surface area (Å²) in [5.41, 5.74) is 0.767. The predicted octanol–water partition coefficient (Wildman–Crippen LogP) is 4.49. The van der Waals surface area contributed by atoms with Crippen LogP contribution in [0.25, 0.3) is 0 Å². The highest BCUT2D eigenvalue weighted by Crippen LogP contribution is 2.31. The molecule has 0 spiro atoms. The highest BCUT2D eigenvalue weighted by atomic mass is 35.5. The summed E-state index contributed by atoms with van der Waals surface area (Å²) in [6.07, 6.45) is 0. The first-order valence-corrected chi connectivity index (χ1v) is 5.70. The zero-order valence-corrected chi connectivity index (χ0v) is 10.8. The molecule has 0 heterocycles. The van der Waals surface area contributed by atoms with E-state index in [0.717, 1.165) is 5.56 Å². The van der Waals surface area contributed by atoms with E-state index < -0.39 is 0 Å². The maximum Gasteiger partial charge on any atom is 0.0652 e. The highest BCUT2D eigenvalue weighted by Gasteiger charge is 2.08. The minimum absolute atomic E-state index is 0.469. The third kappa shape index (κ3) is 3.86. The van der Waals surface area contributed by atoms with E-state index in [-0.39, 0.29) is 0 Å². The van der Waals surface area contributed by atoms with Crippen molar-refractivity contribution in [3.63, 3.8) is 0 Å². The van der Waals surface area contributed by atoms with Gasteiger partial charge in [-0.3, -0.25) is 0 Å². The summed E-state index contributed by atoms with van der Waals surface area (Å²) < 4.78 is 0. The smallest absolute Gasteiger partial charge is 0.0652 e. The van der Waals surface area contributed by atoms with Gasteiger partial charge in [-0.25, -0.2) is 0 Å². The van der Waals surface area contributed by atoms with Gasteiger partial charge in [-0.1, -0.05) is 53.0 Å². The molecule has 0 bridgehead atoms. The van der Waals surface area contributed by atoms with Crippen LogP contribution < -0.4 is 5.32 Å². The molecule has 0 aliphatic heterocycles. The number of rotatable bonds is 4. The predicted molar refractivity (Wildman–Crippen MR) is 68.2 cm³/mol. The number of hydrogen-bond acceptors (Lipinski definition) is 1. The van der Waals surface area contributed by atoms with Crippen molar-refractivity contribution in [2.24, 2.45) is 0 Å². The number of benzene rings is 1. The minimum Gasteiger partial charge on any atom is -0.308 e. The van der Waals surface area contributed by atoms with Gasteiger partial charge in [-0.05, 0) is 12.1 Å². The fourth-order valence-corrected chi connectivity index (χ4v) is 1.83. The maximum absolute atomic E-state index is 6.00. The van der Waals surface area contributed by atoms with Crippen molar-refractivity contribution in [2.45, 2.75) is 6.54 Å². The van der Waals surface area contributed by atoms with Crippen molar-refractivity contribution in [2.75, 3.05) is 6.54 Å². The molecule has 1 rings (SSSR count). The van der Waals surface area contributed by atoms with Gasteiger partial charge in [0.05, 0.1) is 10.0 Å². The van der Waals surface area contributed by atoms with Crippen molar-refractivity contribution in [3.05, 3.63) is 44.4 Å². The van der Waals surface area contributed by atoms with E-state index in [4.69, 9.17) is 46.4 Å². The summed E-state index contributed by atoms with van der Waals surface area (Å²) in [5.74, 6) is 0. The zero-order valence-electron chi connectivity index (χ0n) is 7.79.